The summed E-state index contributed by atoms with van der Waals surface area (Å²) < 4.78 is 5.58. The van der Waals surface area contributed by atoms with E-state index in [1.54, 1.807) is 0 Å². The van der Waals surface area contributed by atoms with Gasteiger partial charge in [-0.05, 0) is 33.9 Å². The number of nitrogens with zero attached hydrogens (tertiary/aromatic N) is 1. The van der Waals surface area contributed by atoms with E-state index in [9.17, 15) is 5.11 Å². The molecule has 15 heavy (non-hydrogen) atoms. The highest BCUT2D eigenvalue weighted by Gasteiger charge is 2.25. The van der Waals surface area contributed by atoms with E-state index in [1.807, 2.05) is 14.0 Å². The molecule has 0 spiro atoms. The zero-order valence-electron chi connectivity index (χ0n) is 10.1. The van der Waals surface area contributed by atoms with Crippen LogP contribution in [-0.4, -0.2) is 62.0 Å². The summed E-state index contributed by atoms with van der Waals surface area (Å²) in [7, 11) is 3.96. The molecule has 0 aromatic carbocycles. The van der Waals surface area contributed by atoms with Gasteiger partial charge in [0.25, 0.3) is 0 Å². The zero-order valence-corrected chi connectivity index (χ0v) is 10.1. The van der Waals surface area contributed by atoms with Gasteiger partial charge in [0.1, 0.15) is 0 Å². The fourth-order valence-electron chi connectivity index (χ4n) is 2.00. The molecule has 0 aromatic heterocycles. The average Bonchev–Trinajstić information content (AvgIpc) is 2.70. The second kappa shape index (κ2) is 5.80. The second-order valence-corrected chi connectivity index (χ2v) is 4.80. The van der Waals surface area contributed by atoms with Gasteiger partial charge in [0.15, 0.2) is 0 Å². The molecule has 0 radical (unpaired) electrons. The maximum absolute atomic E-state index is 9.27. The van der Waals surface area contributed by atoms with Gasteiger partial charge in [0.05, 0.1) is 18.2 Å². The van der Waals surface area contributed by atoms with E-state index in [4.69, 9.17) is 4.74 Å². The van der Waals surface area contributed by atoms with Crippen LogP contribution in [0.5, 0.6) is 0 Å². The van der Waals surface area contributed by atoms with Crippen molar-refractivity contribution in [3.8, 4) is 0 Å². The normalized spacial score (nSPS) is 25.8. The van der Waals surface area contributed by atoms with Crippen molar-refractivity contribution in [3.05, 3.63) is 0 Å². The van der Waals surface area contributed by atoms with E-state index < -0.39 is 0 Å². The molecule has 0 amide bonds. The van der Waals surface area contributed by atoms with Gasteiger partial charge in [-0.15, -0.1) is 0 Å². The maximum atomic E-state index is 9.27. The molecular formula is C11H24N2O2. The number of aliphatic hydroxyl groups excluding tert-OH is 1. The lowest BCUT2D eigenvalue weighted by Gasteiger charge is -2.32. The summed E-state index contributed by atoms with van der Waals surface area (Å²) in [4.78, 5) is 2.22. The first kappa shape index (κ1) is 12.9. The molecule has 4 nitrogen and oxygen atoms in total. The molecule has 2 N–H and O–H groups in total. The van der Waals surface area contributed by atoms with Crippen LogP contribution in [0.1, 0.15) is 19.8 Å². The minimum absolute atomic E-state index is 0.152. The van der Waals surface area contributed by atoms with Crippen molar-refractivity contribution in [1.82, 2.24) is 10.2 Å². The van der Waals surface area contributed by atoms with Crippen LogP contribution < -0.4 is 5.32 Å². The molecule has 90 valence electrons. The lowest BCUT2D eigenvalue weighted by atomic mass is 10.0. The van der Waals surface area contributed by atoms with Gasteiger partial charge in [0.2, 0.25) is 0 Å². The molecule has 2 unspecified atom stereocenters. The summed E-state index contributed by atoms with van der Waals surface area (Å²) >= 11 is 0. The van der Waals surface area contributed by atoms with Crippen LogP contribution in [0.2, 0.25) is 0 Å². The molecule has 1 saturated heterocycles. The Morgan fingerprint density at radius 2 is 2.33 bits per heavy atom. The van der Waals surface area contributed by atoms with Crippen molar-refractivity contribution in [1.29, 1.82) is 0 Å². The number of ether oxygens (including phenoxy) is 1. The van der Waals surface area contributed by atoms with Crippen LogP contribution in [0, 0.1) is 0 Å². The molecule has 0 aliphatic carbocycles. The van der Waals surface area contributed by atoms with Gasteiger partial charge in [-0.2, -0.15) is 0 Å². The van der Waals surface area contributed by atoms with Crippen LogP contribution in [0.4, 0.5) is 0 Å². The van der Waals surface area contributed by atoms with Crippen LogP contribution in [-0.2, 0) is 4.74 Å². The predicted octanol–water partition coefficient (Wildman–Crippen LogP) is 0.0676. The predicted molar refractivity (Wildman–Crippen MR) is 61.0 cm³/mol. The van der Waals surface area contributed by atoms with Crippen LogP contribution in [0.3, 0.4) is 0 Å². The molecule has 1 fully saturated rings. The van der Waals surface area contributed by atoms with Crippen LogP contribution in [0.25, 0.3) is 0 Å². The highest BCUT2D eigenvalue weighted by molar-refractivity contribution is 4.84. The monoisotopic (exact) mass is 216 g/mol. The Balaban J connectivity index is 2.30. The van der Waals surface area contributed by atoms with Crippen molar-refractivity contribution in [2.24, 2.45) is 0 Å². The largest absolute Gasteiger partial charge is 0.394 e. The number of hydrogen-bond donors (Lipinski definition) is 2. The highest BCUT2D eigenvalue weighted by atomic mass is 16.5. The quantitative estimate of drug-likeness (QED) is 0.659. The standard InChI is InChI=1S/C11H24N2O2/c1-11(9-14,12-2)8-13(3)7-10-5-4-6-15-10/h10,12,14H,4-9H2,1-3H3. The first-order chi connectivity index (χ1) is 7.09. The highest BCUT2D eigenvalue weighted by Crippen LogP contribution is 2.14. The first-order valence-electron chi connectivity index (χ1n) is 5.69. The molecule has 0 aromatic rings. The topological polar surface area (TPSA) is 44.7 Å². The van der Waals surface area contributed by atoms with Crippen molar-refractivity contribution >= 4 is 0 Å². The maximum Gasteiger partial charge on any atom is 0.0702 e. The Morgan fingerprint density at radius 1 is 1.60 bits per heavy atom. The number of likely N-dealkylation sites (N-methyl/N-ethyl adjacent to an activating group) is 2. The van der Waals surface area contributed by atoms with Gasteiger partial charge in [-0.25, -0.2) is 0 Å². The van der Waals surface area contributed by atoms with E-state index >= 15 is 0 Å². The average molecular weight is 216 g/mol. The van der Waals surface area contributed by atoms with Crippen molar-refractivity contribution in [2.75, 3.05) is 40.4 Å². The first-order valence-corrected chi connectivity index (χ1v) is 5.69. The summed E-state index contributed by atoms with van der Waals surface area (Å²) in [5.74, 6) is 0. The third-order valence-corrected chi connectivity index (χ3v) is 3.11. The molecule has 4 heteroatoms. The summed E-state index contributed by atoms with van der Waals surface area (Å²) in [6.45, 7) is 4.87. The number of hydrogen-bond acceptors (Lipinski definition) is 4. The van der Waals surface area contributed by atoms with Gasteiger partial charge in [0, 0.05) is 19.7 Å². The van der Waals surface area contributed by atoms with Crippen molar-refractivity contribution in [2.45, 2.75) is 31.4 Å². The Bertz CT molecular complexity index is 177. The van der Waals surface area contributed by atoms with Crippen molar-refractivity contribution in [3.63, 3.8) is 0 Å². The number of nitrogens with one attached hydrogen (secondary N) is 1. The zero-order chi connectivity index (χ0) is 11.3. The third kappa shape index (κ3) is 4.07. The molecule has 2 atom stereocenters. The summed E-state index contributed by atoms with van der Waals surface area (Å²) in [6, 6.07) is 0. The summed E-state index contributed by atoms with van der Waals surface area (Å²) in [6.07, 6.45) is 2.73. The fraction of sp³-hybridized carbons (Fsp3) is 1.00. The third-order valence-electron chi connectivity index (χ3n) is 3.11. The number of rotatable bonds is 6. The van der Waals surface area contributed by atoms with E-state index in [-0.39, 0.29) is 12.1 Å². The number of aliphatic hydroxyl groups is 1. The molecular weight excluding hydrogens is 192 g/mol. The van der Waals surface area contributed by atoms with Gasteiger partial charge < -0.3 is 20.1 Å². The molecule has 1 heterocycles. The van der Waals surface area contributed by atoms with Gasteiger partial charge in [-0.3, -0.25) is 0 Å². The Labute approximate surface area is 92.6 Å². The summed E-state index contributed by atoms with van der Waals surface area (Å²) in [5, 5.41) is 12.4. The van der Waals surface area contributed by atoms with E-state index in [2.05, 4.69) is 17.3 Å². The minimum Gasteiger partial charge on any atom is -0.394 e. The lowest BCUT2D eigenvalue weighted by molar-refractivity contribution is 0.0646. The second-order valence-electron chi connectivity index (χ2n) is 4.80. The fourth-order valence-corrected chi connectivity index (χ4v) is 2.00. The van der Waals surface area contributed by atoms with Gasteiger partial charge in [-0.1, -0.05) is 0 Å². The Hall–Kier alpha value is -0.160. The Morgan fingerprint density at radius 3 is 2.80 bits per heavy atom. The lowest BCUT2D eigenvalue weighted by Crippen LogP contribution is -2.52. The van der Waals surface area contributed by atoms with Gasteiger partial charge >= 0.3 is 0 Å². The van der Waals surface area contributed by atoms with E-state index in [0.717, 1.165) is 19.7 Å². The molecule has 1 aliphatic heterocycles. The molecule has 0 saturated carbocycles. The molecule has 0 bridgehead atoms. The van der Waals surface area contributed by atoms with Crippen LogP contribution in [0.15, 0.2) is 0 Å². The minimum atomic E-state index is -0.215. The smallest absolute Gasteiger partial charge is 0.0702 e. The Kier molecular flexibility index (Phi) is 4.99. The molecule has 1 rings (SSSR count). The SMILES string of the molecule is CNC(C)(CO)CN(C)CC1CCCO1. The van der Waals surface area contributed by atoms with Crippen LogP contribution >= 0.6 is 0 Å². The molecule has 1 aliphatic rings. The van der Waals surface area contributed by atoms with E-state index in [1.165, 1.54) is 12.8 Å². The summed E-state index contributed by atoms with van der Waals surface area (Å²) in [5.41, 5.74) is -0.215. The van der Waals surface area contributed by atoms with Crippen molar-refractivity contribution < 1.29 is 9.84 Å². The van der Waals surface area contributed by atoms with E-state index in [0.29, 0.717) is 6.10 Å².